The van der Waals surface area contributed by atoms with Gasteiger partial charge in [-0.05, 0) is 40.8 Å². The van der Waals surface area contributed by atoms with E-state index in [-0.39, 0.29) is 5.39 Å². The molecule has 0 amide bonds. The molecule has 0 unspecified atom stereocenters. The van der Waals surface area contributed by atoms with Gasteiger partial charge in [0.05, 0.1) is 5.56 Å². The van der Waals surface area contributed by atoms with Gasteiger partial charge in [-0.15, -0.1) is 0 Å². The predicted octanol–water partition coefficient (Wildman–Crippen LogP) is 5.59. The van der Waals surface area contributed by atoms with Gasteiger partial charge in [0.1, 0.15) is 0 Å². The van der Waals surface area contributed by atoms with Crippen molar-refractivity contribution in [2.45, 2.75) is 19.0 Å². The maximum Gasteiger partial charge on any atom is 0.417 e. The third-order valence-corrected chi connectivity index (χ3v) is 3.59. The number of fused-ring (bicyclic) bond motifs is 1. The average molecular weight is 274 g/mol. The van der Waals surface area contributed by atoms with Gasteiger partial charge in [0.15, 0.2) is 0 Å². The highest BCUT2D eigenvalue weighted by Crippen LogP contribution is 2.38. The van der Waals surface area contributed by atoms with Crippen LogP contribution in [-0.4, -0.2) is 0 Å². The number of halogens is 3. The number of alkyl halides is 3. The normalized spacial score (nSPS) is 15.4. The van der Waals surface area contributed by atoms with Gasteiger partial charge in [-0.3, -0.25) is 0 Å². The third-order valence-electron chi connectivity index (χ3n) is 3.59. The number of rotatable bonds is 1. The summed E-state index contributed by atoms with van der Waals surface area (Å²) < 4.78 is 39.2. The molecule has 20 heavy (non-hydrogen) atoms. The number of hydrogen-bond donors (Lipinski definition) is 0. The second-order valence-electron chi connectivity index (χ2n) is 4.86. The van der Waals surface area contributed by atoms with Crippen LogP contribution in [0.25, 0.3) is 16.3 Å². The van der Waals surface area contributed by atoms with Gasteiger partial charge < -0.3 is 0 Å². The van der Waals surface area contributed by atoms with E-state index >= 15 is 0 Å². The maximum atomic E-state index is 13.1. The van der Waals surface area contributed by atoms with Crippen molar-refractivity contribution < 1.29 is 13.2 Å². The number of hydrogen-bond acceptors (Lipinski definition) is 0. The summed E-state index contributed by atoms with van der Waals surface area (Å²) in [5.41, 5.74) is 1.43. The van der Waals surface area contributed by atoms with Crippen LogP contribution in [0, 0.1) is 0 Å². The Labute approximate surface area is 115 Å². The molecule has 0 bridgehead atoms. The standard InChI is InChI=1S/C17H13F3/c18-17(19,20)16-11-10-13(12-6-2-1-3-7-12)14-8-4-5-9-15(14)16/h1-2,4-6,8-11H,3,7H2. The van der Waals surface area contributed by atoms with E-state index in [1.807, 2.05) is 12.2 Å². The molecule has 1 aliphatic rings. The Bertz CT molecular complexity index is 706. The summed E-state index contributed by atoms with van der Waals surface area (Å²) in [6, 6.07) is 9.52. The number of benzene rings is 2. The molecule has 0 aromatic heterocycles. The summed E-state index contributed by atoms with van der Waals surface area (Å²) in [6.45, 7) is 0. The molecule has 0 fully saturated rings. The molecule has 102 valence electrons. The zero-order chi connectivity index (χ0) is 14.2. The summed E-state index contributed by atoms with van der Waals surface area (Å²) in [5.74, 6) is 0. The van der Waals surface area contributed by atoms with Gasteiger partial charge >= 0.3 is 6.18 Å². The molecular weight excluding hydrogens is 261 g/mol. The van der Waals surface area contributed by atoms with Crippen molar-refractivity contribution >= 4 is 16.3 Å². The summed E-state index contributed by atoms with van der Waals surface area (Å²) in [7, 11) is 0. The minimum absolute atomic E-state index is 0.271. The highest BCUT2D eigenvalue weighted by molar-refractivity contribution is 5.96. The van der Waals surface area contributed by atoms with E-state index in [9.17, 15) is 13.2 Å². The molecule has 0 radical (unpaired) electrons. The van der Waals surface area contributed by atoms with Crippen LogP contribution in [0.1, 0.15) is 24.0 Å². The summed E-state index contributed by atoms with van der Waals surface area (Å²) in [6.07, 6.45) is 3.49. The van der Waals surface area contributed by atoms with Crippen LogP contribution in [0.5, 0.6) is 0 Å². The van der Waals surface area contributed by atoms with Gasteiger partial charge in [-0.2, -0.15) is 13.2 Å². The van der Waals surface area contributed by atoms with Crippen LogP contribution < -0.4 is 0 Å². The molecule has 1 aliphatic carbocycles. The fraction of sp³-hybridized carbons (Fsp3) is 0.176. The quantitative estimate of drug-likeness (QED) is 0.635. The fourth-order valence-electron chi connectivity index (χ4n) is 2.65. The van der Waals surface area contributed by atoms with Crippen LogP contribution in [0.2, 0.25) is 0 Å². The monoisotopic (exact) mass is 274 g/mol. The van der Waals surface area contributed by atoms with Crippen molar-refractivity contribution in [1.82, 2.24) is 0 Å². The minimum atomic E-state index is -4.32. The van der Waals surface area contributed by atoms with Crippen molar-refractivity contribution in [2.75, 3.05) is 0 Å². The van der Waals surface area contributed by atoms with E-state index in [2.05, 4.69) is 6.08 Å². The van der Waals surface area contributed by atoms with Crippen LogP contribution in [0.15, 0.2) is 54.6 Å². The topological polar surface area (TPSA) is 0 Å². The van der Waals surface area contributed by atoms with Gasteiger partial charge in [-0.25, -0.2) is 0 Å². The lowest BCUT2D eigenvalue weighted by molar-refractivity contribution is -0.136. The Morgan fingerprint density at radius 3 is 2.30 bits per heavy atom. The van der Waals surface area contributed by atoms with Crippen molar-refractivity contribution in [3.8, 4) is 0 Å². The highest BCUT2D eigenvalue weighted by Gasteiger charge is 2.32. The third kappa shape index (κ3) is 2.24. The zero-order valence-electron chi connectivity index (χ0n) is 10.7. The molecule has 2 aromatic carbocycles. The van der Waals surface area contributed by atoms with Gasteiger partial charge in [-0.1, -0.05) is 48.6 Å². The lowest BCUT2D eigenvalue weighted by atomic mass is 9.91. The fourth-order valence-corrected chi connectivity index (χ4v) is 2.65. The first-order valence-electron chi connectivity index (χ1n) is 6.52. The summed E-state index contributed by atoms with van der Waals surface area (Å²) >= 11 is 0. The molecule has 0 aliphatic heterocycles. The smallest absolute Gasteiger partial charge is 0.166 e. The SMILES string of the molecule is FC(F)(F)c1ccc(C2=CC=CCC2)c2ccccc12. The van der Waals surface area contributed by atoms with Crippen molar-refractivity contribution in [3.63, 3.8) is 0 Å². The highest BCUT2D eigenvalue weighted by atomic mass is 19.4. The molecule has 0 saturated heterocycles. The van der Waals surface area contributed by atoms with E-state index < -0.39 is 11.7 Å². The van der Waals surface area contributed by atoms with E-state index in [0.717, 1.165) is 24.0 Å². The van der Waals surface area contributed by atoms with Crippen LogP contribution in [0.4, 0.5) is 13.2 Å². The van der Waals surface area contributed by atoms with E-state index in [1.165, 1.54) is 6.07 Å². The second-order valence-corrected chi connectivity index (χ2v) is 4.86. The molecular formula is C17H13F3. The molecule has 3 heteroatoms. The van der Waals surface area contributed by atoms with Crippen LogP contribution >= 0.6 is 0 Å². The van der Waals surface area contributed by atoms with Gasteiger partial charge in [0, 0.05) is 0 Å². The Morgan fingerprint density at radius 1 is 0.900 bits per heavy atom. The molecule has 0 nitrogen and oxygen atoms in total. The lowest BCUT2D eigenvalue weighted by Gasteiger charge is -2.16. The maximum absolute atomic E-state index is 13.1. The van der Waals surface area contributed by atoms with Crippen molar-refractivity contribution in [3.05, 3.63) is 65.8 Å². The minimum Gasteiger partial charge on any atom is -0.166 e. The van der Waals surface area contributed by atoms with Crippen molar-refractivity contribution in [1.29, 1.82) is 0 Å². The summed E-state index contributed by atoms with van der Waals surface area (Å²) in [4.78, 5) is 0. The Hall–Kier alpha value is -2.03. The molecule has 0 N–H and O–H groups in total. The van der Waals surface area contributed by atoms with Crippen molar-refractivity contribution in [2.24, 2.45) is 0 Å². The molecule has 0 saturated carbocycles. The molecule has 0 spiro atoms. The number of allylic oxidation sites excluding steroid dienone is 4. The molecule has 0 heterocycles. The predicted molar refractivity (Wildman–Crippen MR) is 75.3 cm³/mol. The Morgan fingerprint density at radius 2 is 1.65 bits per heavy atom. The zero-order valence-corrected chi connectivity index (χ0v) is 10.7. The lowest BCUT2D eigenvalue weighted by Crippen LogP contribution is -2.06. The molecule has 3 rings (SSSR count). The van der Waals surface area contributed by atoms with E-state index in [0.29, 0.717) is 5.39 Å². The molecule has 2 aromatic rings. The first-order chi connectivity index (χ1) is 9.57. The van der Waals surface area contributed by atoms with Gasteiger partial charge in [0.2, 0.25) is 0 Å². The average Bonchev–Trinajstić information content (AvgIpc) is 2.46. The first-order valence-corrected chi connectivity index (χ1v) is 6.52. The molecule has 0 atom stereocenters. The van der Waals surface area contributed by atoms with E-state index in [4.69, 9.17) is 0 Å². The Balaban J connectivity index is 2.27. The van der Waals surface area contributed by atoms with Crippen LogP contribution in [0.3, 0.4) is 0 Å². The Kier molecular flexibility index (Phi) is 3.13. The first kappa shape index (κ1) is 13.0. The van der Waals surface area contributed by atoms with E-state index in [1.54, 1.807) is 30.3 Å². The second kappa shape index (κ2) is 4.82. The van der Waals surface area contributed by atoms with Crippen LogP contribution in [-0.2, 0) is 6.18 Å². The largest absolute Gasteiger partial charge is 0.417 e. The van der Waals surface area contributed by atoms with Gasteiger partial charge in [0.25, 0.3) is 0 Å². The summed E-state index contributed by atoms with van der Waals surface area (Å²) in [5, 5.41) is 0.942.